The fourth-order valence-corrected chi connectivity index (χ4v) is 3.68. The molecule has 1 aliphatic rings. The number of rotatable bonds is 4. The number of benzene rings is 1. The lowest BCUT2D eigenvalue weighted by Gasteiger charge is -2.31. The first-order valence-electron chi connectivity index (χ1n) is 8.88. The largest absolute Gasteiger partial charge is 0.369 e. The van der Waals surface area contributed by atoms with Gasteiger partial charge in [-0.25, -0.2) is 4.68 Å². The van der Waals surface area contributed by atoms with Crippen molar-refractivity contribution < 1.29 is 4.79 Å². The molecule has 1 aromatic carbocycles. The summed E-state index contributed by atoms with van der Waals surface area (Å²) in [5.41, 5.74) is 8.69. The number of carbonyl (C=O) groups is 1. The lowest BCUT2D eigenvalue weighted by atomic mass is 9.96. The number of carbonyl (C=O) groups excluding carboxylic acids is 1. The average Bonchev–Trinajstić information content (AvgIpc) is 3.09. The van der Waals surface area contributed by atoms with Crippen LogP contribution in [0.1, 0.15) is 24.1 Å². The maximum atomic E-state index is 11.4. The van der Waals surface area contributed by atoms with Gasteiger partial charge in [0.2, 0.25) is 5.91 Å². The topological polar surface area (TPSA) is 103 Å². The van der Waals surface area contributed by atoms with E-state index in [2.05, 4.69) is 25.4 Å². The molecule has 0 unspecified atom stereocenters. The van der Waals surface area contributed by atoms with Gasteiger partial charge in [-0.3, -0.25) is 4.79 Å². The Labute approximate surface area is 161 Å². The van der Waals surface area contributed by atoms with Gasteiger partial charge in [0.1, 0.15) is 11.0 Å². The number of amides is 1. The first-order chi connectivity index (χ1) is 13.0. The number of primary amides is 1. The lowest BCUT2D eigenvalue weighted by molar-refractivity contribution is -0.122. The van der Waals surface area contributed by atoms with Gasteiger partial charge in [-0.15, -0.1) is 10.2 Å². The Morgan fingerprint density at radius 2 is 1.96 bits per heavy atom. The second-order valence-corrected chi connectivity index (χ2v) is 7.22. The highest BCUT2D eigenvalue weighted by molar-refractivity contribution is 6.31. The van der Waals surface area contributed by atoms with Crippen LogP contribution in [0.2, 0.25) is 5.02 Å². The Kier molecular flexibility index (Phi) is 4.65. The van der Waals surface area contributed by atoms with Crippen LogP contribution in [0.4, 0.5) is 5.82 Å². The number of halogens is 1. The fourth-order valence-electron chi connectivity index (χ4n) is 3.48. The van der Waals surface area contributed by atoms with Gasteiger partial charge in [0.15, 0.2) is 5.82 Å². The molecule has 0 bridgehead atoms. The monoisotopic (exact) mass is 385 g/mol. The van der Waals surface area contributed by atoms with Crippen molar-refractivity contribution in [2.45, 2.75) is 26.3 Å². The Morgan fingerprint density at radius 1 is 1.22 bits per heavy atom. The van der Waals surface area contributed by atoms with E-state index in [4.69, 9.17) is 17.3 Å². The second kappa shape index (κ2) is 7.11. The van der Waals surface area contributed by atoms with E-state index in [0.29, 0.717) is 37.5 Å². The van der Waals surface area contributed by atoms with E-state index in [9.17, 15) is 4.79 Å². The zero-order chi connectivity index (χ0) is 19.0. The van der Waals surface area contributed by atoms with E-state index in [1.165, 1.54) is 0 Å². The molecule has 0 radical (unpaired) electrons. The highest BCUT2D eigenvalue weighted by Gasteiger charge is 2.27. The fraction of sp³-hybridized carbons (Fsp3) is 0.389. The molecule has 9 heteroatoms. The summed E-state index contributed by atoms with van der Waals surface area (Å²) in [5, 5.41) is 18.0. The predicted molar refractivity (Wildman–Crippen MR) is 103 cm³/mol. The normalized spacial score (nSPS) is 15.4. The van der Waals surface area contributed by atoms with Crippen LogP contribution in [-0.2, 0) is 11.3 Å². The van der Waals surface area contributed by atoms with Crippen LogP contribution in [0, 0.1) is 12.8 Å². The third kappa shape index (κ3) is 3.32. The van der Waals surface area contributed by atoms with Crippen LogP contribution in [0.5, 0.6) is 0 Å². The van der Waals surface area contributed by atoms with Gasteiger partial charge in [-0.1, -0.05) is 35.0 Å². The molecular formula is C18H20ClN7O. The quantitative estimate of drug-likeness (QED) is 0.736. The number of aryl methyl sites for hydroxylation is 1. The molecule has 3 aromatic rings. The van der Waals surface area contributed by atoms with Crippen molar-refractivity contribution in [2.75, 3.05) is 18.0 Å². The van der Waals surface area contributed by atoms with Crippen LogP contribution < -0.4 is 10.6 Å². The molecule has 1 amide bonds. The molecule has 2 aromatic heterocycles. The molecule has 1 saturated heterocycles. The van der Waals surface area contributed by atoms with Gasteiger partial charge >= 0.3 is 0 Å². The number of nitrogens with zero attached hydrogens (tertiary/aromatic N) is 6. The van der Waals surface area contributed by atoms with Gasteiger partial charge in [0.25, 0.3) is 0 Å². The van der Waals surface area contributed by atoms with Crippen molar-refractivity contribution in [3.63, 3.8) is 0 Å². The molecular weight excluding hydrogens is 366 g/mol. The molecule has 1 aliphatic heterocycles. The third-order valence-corrected chi connectivity index (χ3v) is 5.43. The first-order valence-corrected chi connectivity index (χ1v) is 9.26. The molecule has 1 fully saturated rings. The predicted octanol–water partition coefficient (Wildman–Crippen LogP) is 1.93. The standard InChI is InChI=1S/C18H20ClN7O/c1-11-15-16(26(24-22-15)10-13-4-2-3-5-14(13)19)18(23-21-11)25-8-6-12(7-9-25)17(20)27/h2-5,12H,6-10H2,1H3,(H2,20,27). The summed E-state index contributed by atoms with van der Waals surface area (Å²) in [6, 6.07) is 7.67. The van der Waals surface area contributed by atoms with Gasteiger partial charge in [-0.2, -0.15) is 5.10 Å². The summed E-state index contributed by atoms with van der Waals surface area (Å²) in [7, 11) is 0. The number of fused-ring (bicyclic) bond motifs is 1. The zero-order valence-electron chi connectivity index (χ0n) is 15.0. The summed E-state index contributed by atoms with van der Waals surface area (Å²) in [5.74, 6) is 0.414. The summed E-state index contributed by atoms with van der Waals surface area (Å²) in [4.78, 5) is 13.6. The molecule has 140 valence electrons. The van der Waals surface area contributed by atoms with Crippen molar-refractivity contribution in [3.05, 3.63) is 40.5 Å². The first kappa shape index (κ1) is 17.7. The number of piperidine rings is 1. The van der Waals surface area contributed by atoms with Gasteiger partial charge in [0.05, 0.1) is 12.2 Å². The number of hydrogen-bond acceptors (Lipinski definition) is 6. The van der Waals surface area contributed by atoms with Gasteiger partial charge in [-0.05, 0) is 31.4 Å². The minimum Gasteiger partial charge on any atom is -0.369 e. The molecule has 0 saturated carbocycles. The zero-order valence-corrected chi connectivity index (χ0v) is 15.7. The van der Waals surface area contributed by atoms with E-state index in [1.54, 1.807) is 0 Å². The van der Waals surface area contributed by atoms with Crippen molar-refractivity contribution in [1.82, 2.24) is 25.2 Å². The van der Waals surface area contributed by atoms with Gasteiger partial charge in [0, 0.05) is 24.0 Å². The number of aromatic nitrogens is 5. The lowest BCUT2D eigenvalue weighted by Crippen LogP contribution is -2.39. The minimum absolute atomic E-state index is 0.0821. The summed E-state index contributed by atoms with van der Waals surface area (Å²) in [6.45, 7) is 3.74. The smallest absolute Gasteiger partial charge is 0.220 e. The Bertz CT molecular complexity index is 995. The van der Waals surface area contributed by atoms with Crippen LogP contribution >= 0.6 is 11.6 Å². The van der Waals surface area contributed by atoms with Crippen molar-refractivity contribution in [2.24, 2.45) is 11.7 Å². The Morgan fingerprint density at radius 3 is 2.67 bits per heavy atom. The maximum Gasteiger partial charge on any atom is 0.220 e. The van der Waals surface area contributed by atoms with E-state index >= 15 is 0 Å². The molecule has 2 N–H and O–H groups in total. The van der Waals surface area contributed by atoms with Crippen molar-refractivity contribution >= 4 is 34.4 Å². The van der Waals surface area contributed by atoms with E-state index in [-0.39, 0.29) is 11.8 Å². The van der Waals surface area contributed by atoms with E-state index in [0.717, 1.165) is 28.1 Å². The van der Waals surface area contributed by atoms with E-state index in [1.807, 2.05) is 35.9 Å². The van der Waals surface area contributed by atoms with Crippen LogP contribution in [0.3, 0.4) is 0 Å². The average molecular weight is 386 g/mol. The number of hydrogen-bond donors (Lipinski definition) is 1. The number of anilines is 1. The highest BCUT2D eigenvalue weighted by atomic mass is 35.5. The molecule has 0 atom stereocenters. The summed E-state index contributed by atoms with van der Waals surface area (Å²) < 4.78 is 1.81. The van der Waals surface area contributed by atoms with Crippen molar-refractivity contribution in [1.29, 1.82) is 0 Å². The van der Waals surface area contributed by atoms with E-state index < -0.39 is 0 Å². The number of nitrogens with two attached hydrogens (primary N) is 1. The molecule has 27 heavy (non-hydrogen) atoms. The molecule has 3 heterocycles. The molecule has 0 aliphatic carbocycles. The minimum atomic E-state index is -0.236. The summed E-state index contributed by atoms with van der Waals surface area (Å²) >= 11 is 6.31. The maximum absolute atomic E-state index is 11.4. The third-order valence-electron chi connectivity index (χ3n) is 5.06. The molecule has 4 rings (SSSR count). The van der Waals surface area contributed by atoms with Gasteiger partial charge < -0.3 is 10.6 Å². The second-order valence-electron chi connectivity index (χ2n) is 6.81. The molecule has 0 spiro atoms. The molecule has 8 nitrogen and oxygen atoms in total. The van der Waals surface area contributed by atoms with Crippen LogP contribution in [0.15, 0.2) is 24.3 Å². The van der Waals surface area contributed by atoms with Crippen molar-refractivity contribution in [3.8, 4) is 0 Å². The Balaban J connectivity index is 1.71. The SMILES string of the molecule is Cc1nnc(N2CCC(C(N)=O)CC2)c2c1nnn2Cc1ccccc1Cl. The highest BCUT2D eigenvalue weighted by Crippen LogP contribution is 2.29. The Hall–Kier alpha value is -2.74. The van der Waals surface area contributed by atoms with Crippen LogP contribution in [-0.4, -0.2) is 44.2 Å². The van der Waals surface area contributed by atoms with Crippen LogP contribution in [0.25, 0.3) is 11.0 Å². The summed E-state index contributed by atoms with van der Waals surface area (Å²) in [6.07, 6.45) is 1.41.